The van der Waals surface area contributed by atoms with E-state index in [0.717, 1.165) is 11.3 Å². The summed E-state index contributed by atoms with van der Waals surface area (Å²) in [6.07, 6.45) is 5.63. The maximum absolute atomic E-state index is 12.5. The number of ether oxygens (including phenoxy) is 1. The van der Waals surface area contributed by atoms with E-state index in [1.165, 1.54) is 16.7 Å². The van der Waals surface area contributed by atoms with E-state index in [1.54, 1.807) is 44.3 Å². The van der Waals surface area contributed by atoms with Crippen LogP contribution in [0.3, 0.4) is 0 Å². The van der Waals surface area contributed by atoms with Crippen molar-refractivity contribution >= 4 is 46.3 Å². The first-order valence-corrected chi connectivity index (χ1v) is 10.7. The average Bonchev–Trinajstić information content (AvgIpc) is 3.02. The molecule has 2 aromatic rings. The zero-order valence-corrected chi connectivity index (χ0v) is 18.8. The van der Waals surface area contributed by atoms with E-state index in [9.17, 15) is 9.59 Å². The molecular weight excluding hydrogens is 410 g/mol. The largest absolute Gasteiger partial charge is 0.462 e. The first-order chi connectivity index (χ1) is 14.9. The average molecular weight is 436 g/mol. The van der Waals surface area contributed by atoms with Crippen LogP contribution in [0.1, 0.15) is 22.8 Å². The Morgan fingerprint density at radius 1 is 1.13 bits per heavy atom. The minimum absolute atomic E-state index is 0.0977. The van der Waals surface area contributed by atoms with E-state index in [-0.39, 0.29) is 11.9 Å². The predicted octanol–water partition coefficient (Wildman–Crippen LogP) is 4.72. The zero-order valence-electron chi connectivity index (χ0n) is 18.0. The fourth-order valence-electron chi connectivity index (χ4n) is 2.79. The fourth-order valence-corrected chi connectivity index (χ4v) is 3.73. The summed E-state index contributed by atoms with van der Waals surface area (Å²) >= 11 is 1.32. The molecule has 0 saturated carbocycles. The standard InChI is InChI=1S/C24H25N3O3S/c1-5-30-23(29)18-11-13-19(14-12-18)25-24-27(4)22(28)21(31-24)8-6-7-17-9-15-20(16-10-17)26(2)3/h6-16H,5H2,1-4H3/b7-6+,21-8-,25-24?. The van der Waals surface area contributed by atoms with Crippen LogP contribution in [0.5, 0.6) is 0 Å². The molecule has 0 aliphatic carbocycles. The number of hydrogen-bond acceptors (Lipinski definition) is 6. The van der Waals surface area contributed by atoms with E-state index in [4.69, 9.17) is 4.74 Å². The van der Waals surface area contributed by atoms with Crippen LogP contribution in [0.2, 0.25) is 0 Å². The molecule has 1 aliphatic rings. The van der Waals surface area contributed by atoms with Crippen LogP contribution in [0.4, 0.5) is 11.4 Å². The molecule has 1 saturated heterocycles. The molecule has 1 amide bonds. The van der Waals surface area contributed by atoms with Crippen LogP contribution in [0.15, 0.2) is 70.6 Å². The van der Waals surface area contributed by atoms with Gasteiger partial charge in [0.25, 0.3) is 5.91 Å². The molecule has 7 heteroatoms. The summed E-state index contributed by atoms with van der Waals surface area (Å²) in [5.74, 6) is -0.461. The summed E-state index contributed by atoms with van der Waals surface area (Å²) in [6.45, 7) is 2.10. The van der Waals surface area contributed by atoms with Crippen molar-refractivity contribution in [1.82, 2.24) is 4.90 Å². The van der Waals surface area contributed by atoms with Crippen molar-refractivity contribution in [3.63, 3.8) is 0 Å². The van der Waals surface area contributed by atoms with Gasteiger partial charge in [-0.1, -0.05) is 24.3 Å². The summed E-state index contributed by atoms with van der Waals surface area (Å²) in [6, 6.07) is 15.0. The number of benzene rings is 2. The molecule has 0 bridgehead atoms. The van der Waals surface area contributed by atoms with Crippen LogP contribution in [0.25, 0.3) is 6.08 Å². The van der Waals surface area contributed by atoms with Gasteiger partial charge < -0.3 is 9.64 Å². The smallest absolute Gasteiger partial charge is 0.338 e. The number of rotatable bonds is 6. The molecule has 0 unspecified atom stereocenters. The maximum atomic E-state index is 12.5. The molecule has 2 aromatic carbocycles. The molecule has 1 fully saturated rings. The lowest BCUT2D eigenvalue weighted by atomic mass is 10.2. The highest BCUT2D eigenvalue weighted by Gasteiger charge is 2.29. The normalized spacial score (nSPS) is 16.5. The van der Waals surface area contributed by atoms with Gasteiger partial charge in [0.2, 0.25) is 0 Å². The third-order valence-electron chi connectivity index (χ3n) is 4.55. The number of amidine groups is 1. The number of aliphatic imine (C=N–C) groups is 1. The summed E-state index contributed by atoms with van der Waals surface area (Å²) in [5.41, 5.74) is 3.32. The van der Waals surface area contributed by atoms with Crippen molar-refractivity contribution < 1.29 is 14.3 Å². The lowest BCUT2D eigenvalue weighted by molar-refractivity contribution is -0.121. The highest BCUT2D eigenvalue weighted by molar-refractivity contribution is 8.18. The number of allylic oxidation sites excluding steroid dienone is 2. The summed E-state index contributed by atoms with van der Waals surface area (Å²) in [7, 11) is 5.71. The molecule has 6 nitrogen and oxygen atoms in total. The van der Waals surface area contributed by atoms with Crippen LogP contribution in [0, 0.1) is 0 Å². The minimum atomic E-state index is -0.363. The van der Waals surface area contributed by atoms with Gasteiger partial charge in [-0.05, 0) is 66.7 Å². The first kappa shape index (κ1) is 22.4. The summed E-state index contributed by atoms with van der Waals surface area (Å²) in [5, 5.41) is 0.587. The molecular formula is C24H25N3O3S. The van der Waals surface area contributed by atoms with Crippen molar-refractivity contribution in [3.05, 3.63) is 76.7 Å². The van der Waals surface area contributed by atoms with E-state index in [2.05, 4.69) is 4.99 Å². The molecule has 0 aromatic heterocycles. The second-order valence-corrected chi connectivity index (χ2v) is 8.01. The Hall–Kier alpha value is -3.32. The Morgan fingerprint density at radius 2 is 1.81 bits per heavy atom. The van der Waals surface area contributed by atoms with Gasteiger partial charge in [-0.2, -0.15) is 0 Å². The van der Waals surface area contributed by atoms with Gasteiger partial charge in [0.05, 0.1) is 22.8 Å². The lowest BCUT2D eigenvalue weighted by Gasteiger charge is -2.11. The number of likely N-dealkylation sites (N-methyl/N-ethyl adjacent to an activating group) is 1. The van der Waals surface area contributed by atoms with Crippen molar-refractivity contribution in [2.24, 2.45) is 4.99 Å². The Balaban J connectivity index is 1.70. The topological polar surface area (TPSA) is 62.2 Å². The lowest BCUT2D eigenvalue weighted by Crippen LogP contribution is -2.23. The number of hydrogen-bond donors (Lipinski definition) is 0. The van der Waals surface area contributed by atoms with E-state index in [0.29, 0.717) is 27.9 Å². The van der Waals surface area contributed by atoms with E-state index >= 15 is 0 Å². The molecule has 3 rings (SSSR count). The van der Waals surface area contributed by atoms with Gasteiger partial charge in [0.1, 0.15) is 0 Å². The molecule has 0 radical (unpaired) electrons. The summed E-state index contributed by atoms with van der Waals surface area (Å²) < 4.78 is 4.98. The van der Waals surface area contributed by atoms with Crippen molar-refractivity contribution in [1.29, 1.82) is 0 Å². The molecule has 0 atom stereocenters. The van der Waals surface area contributed by atoms with Crippen LogP contribution >= 0.6 is 11.8 Å². The SMILES string of the molecule is CCOC(=O)c1ccc(N=C2S/C(=C\C=C\c3ccc(N(C)C)cc3)C(=O)N2C)cc1. The van der Waals surface area contributed by atoms with Gasteiger partial charge >= 0.3 is 5.97 Å². The number of carbonyl (C=O) groups is 2. The van der Waals surface area contributed by atoms with Crippen molar-refractivity contribution in [2.45, 2.75) is 6.92 Å². The Kier molecular flexibility index (Phi) is 7.31. The highest BCUT2D eigenvalue weighted by atomic mass is 32.2. The van der Waals surface area contributed by atoms with E-state index in [1.807, 2.05) is 55.4 Å². The van der Waals surface area contributed by atoms with Crippen molar-refractivity contribution in [2.75, 3.05) is 32.6 Å². The molecule has 160 valence electrons. The molecule has 0 N–H and O–H groups in total. The van der Waals surface area contributed by atoms with Gasteiger partial charge in [0, 0.05) is 26.8 Å². The Morgan fingerprint density at radius 3 is 2.42 bits per heavy atom. The maximum Gasteiger partial charge on any atom is 0.338 e. The number of esters is 1. The number of amides is 1. The number of carbonyl (C=O) groups excluding carboxylic acids is 2. The Labute approximate surface area is 186 Å². The zero-order chi connectivity index (χ0) is 22.4. The van der Waals surface area contributed by atoms with Gasteiger partial charge in [0.15, 0.2) is 5.17 Å². The van der Waals surface area contributed by atoms with Gasteiger partial charge in [-0.25, -0.2) is 9.79 Å². The number of anilines is 1. The Bertz CT molecular complexity index is 1040. The molecule has 31 heavy (non-hydrogen) atoms. The molecule has 1 heterocycles. The monoisotopic (exact) mass is 435 g/mol. The van der Waals surface area contributed by atoms with Crippen LogP contribution in [-0.2, 0) is 9.53 Å². The number of thioether (sulfide) groups is 1. The van der Waals surface area contributed by atoms with E-state index < -0.39 is 0 Å². The fraction of sp³-hybridized carbons (Fsp3) is 0.208. The predicted molar refractivity (Wildman–Crippen MR) is 128 cm³/mol. The second kappa shape index (κ2) is 10.1. The second-order valence-electron chi connectivity index (χ2n) is 7.00. The number of nitrogens with zero attached hydrogens (tertiary/aromatic N) is 3. The van der Waals surface area contributed by atoms with Gasteiger partial charge in [-0.15, -0.1) is 0 Å². The van der Waals surface area contributed by atoms with Crippen LogP contribution in [-0.4, -0.2) is 49.7 Å². The van der Waals surface area contributed by atoms with Crippen molar-refractivity contribution in [3.8, 4) is 0 Å². The minimum Gasteiger partial charge on any atom is -0.462 e. The van der Waals surface area contributed by atoms with Crippen LogP contribution < -0.4 is 4.90 Å². The molecule has 1 aliphatic heterocycles. The third-order valence-corrected chi connectivity index (χ3v) is 5.63. The highest BCUT2D eigenvalue weighted by Crippen LogP contribution is 2.31. The first-order valence-electron chi connectivity index (χ1n) is 9.86. The van der Waals surface area contributed by atoms with Gasteiger partial charge in [-0.3, -0.25) is 9.69 Å². The third kappa shape index (κ3) is 5.64. The molecule has 0 spiro atoms. The quantitative estimate of drug-likeness (QED) is 0.485. The summed E-state index contributed by atoms with van der Waals surface area (Å²) in [4.78, 5) is 33.0.